The molecular formula is C18H25N3O4. The normalized spacial score (nSPS) is 23.1. The van der Waals surface area contributed by atoms with Gasteiger partial charge in [0.2, 0.25) is 0 Å². The number of aromatic nitrogens is 2. The van der Waals surface area contributed by atoms with Crippen LogP contribution in [-0.2, 0) is 9.47 Å². The summed E-state index contributed by atoms with van der Waals surface area (Å²) in [7, 11) is 0. The molecule has 0 bridgehead atoms. The number of rotatable bonds is 6. The summed E-state index contributed by atoms with van der Waals surface area (Å²) >= 11 is 0. The zero-order valence-electron chi connectivity index (χ0n) is 14.7. The second kappa shape index (κ2) is 7.93. The molecule has 136 valence electrons. The van der Waals surface area contributed by atoms with Crippen LogP contribution in [0.5, 0.6) is 0 Å². The van der Waals surface area contributed by atoms with Crippen LogP contribution in [0.1, 0.15) is 55.2 Å². The lowest BCUT2D eigenvalue weighted by molar-refractivity contribution is -0.0589. The first-order chi connectivity index (χ1) is 12.0. The van der Waals surface area contributed by atoms with Gasteiger partial charge in [-0.1, -0.05) is 11.6 Å². The van der Waals surface area contributed by atoms with Crippen molar-refractivity contribution in [3.63, 3.8) is 0 Å². The van der Waals surface area contributed by atoms with Gasteiger partial charge in [0, 0.05) is 18.7 Å². The van der Waals surface area contributed by atoms with Crippen LogP contribution in [0.25, 0.3) is 0 Å². The van der Waals surface area contributed by atoms with Gasteiger partial charge in [-0.15, -0.1) is 0 Å². The van der Waals surface area contributed by atoms with E-state index in [2.05, 4.69) is 15.3 Å². The Morgan fingerprint density at radius 3 is 2.92 bits per heavy atom. The van der Waals surface area contributed by atoms with Crippen molar-refractivity contribution in [3.8, 4) is 0 Å². The number of allylic oxidation sites excluding steroid dienone is 1. The Bertz CT molecular complexity index is 705. The van der Waals surface area contributed by atoms with Gasteiger partial charge in [0.1, 0.15) is 17.5 Å². The van der Waals surface area contributed by atoms with Crippen molar-refractivity contribution in [3.05, 3.63) is 39.6 Å². The minimum Gasteiger partial charge on any atom is -0.379 e. The van der Waals surface area contributed by atoms with Gasteiger partial charge in [0.05, 0.1) is 19.3 Å². The second-order valence-corrected chi connectivity index (χ2v) is 6.88. The third-order valence-corrected chi connectivity index (χ3v) is 4.45. The van der Waals surface area contributed by atoms with Crippen molar-refractivity contribution in [1.29, 1.82) is 0 Å². The molecule has 2 heterocycles. The monoisotopic (exact) mass is 347 g/mol. The predicted molar refractivity (Wildman–Crippen MR) is 92.7 cm³/mol. The summed E-state index contributed by atoms with van der Waals surface area (Å²) in [6, 6.07) is -0.186. The highest BCUT2D eigenvalue weighted by molar-refractivity contribution is 5.93. The Morgan fingerprint density at radius 1 is 1.44 bits per heavy atom. The second-order valence-electron chi connectivity index (χ2n) is 6.88. The highest BCUT2D eigenvalue weighted by Gasteiger charge is 2.30. The minimum atomic E-state index is -0.418. The number of hydrogen-bond acceptors (Lipinski definition) is 5. The van der Waals surface area contributed by atoms with Crippen LogP contribution in [0.2, 0.25) is 0 Å². The van der Waals surface area contributed by atoms with Crippen LogP contribution in [0.4, 0.5) is 0 Å². The standard InChI is InChI=1S/C18H25N3O4/c1-11(2)5-8-25-15-10-24-7-6-14(15)20-17(22)13-9-19-16(12-3-4-12)21-18(13)23/h5,9,12,14-15H,3-4,6-8,10H2,1-2H3,(H,20,22)(H,19,21,23)/t14-,15-/m1/s1. The van der Waals surface area contributed by atoms with E-state index in [1.165, 1.54) is 11.8 Å². The molecular weight excluding hydrogens is 322 g/mol. The molecule has 1 saturated carbocycles. The number of hydrogen-bond donors (Lipinski definition) is 2. The van der Waals surface area contributed by atoms with E-state index in [9.17, 15) is 9.59 Å². The molecule has 0 spiro atoms. The van der Waals surface area contributed by atoms with Crippen molar-refractivity contribution >= 4 is 5.91 Å². The molecule has 2 fully saturated rings. The predicted octanol–water partition coefficient (Wildman–Crippen LogP) is 1.52. The number of carbonyl (C=O) groups is 1. The van der Waals surface area contributed by atoms with E-state index in [1.807, 2.05) is 19.9 Å². The minimum absolute atomic E-state index is 0.0407. The number of carbonyl (C=O) groups excluding carboxylic acids is 1. The largest absolute Gasteiger partial charge is 0.379 e. The lowest BCUT2D eigenvalue weighted by Gasteiger charge is -2.31. The Morgan fingerprint density at radius 2 is 2.24 bits per heavy atom. The molecule has 7 heteroatoms. The first-order valence-corrected chi connectivity index (χ1v) is 8.77. The molecule has 2 N–H and O–H groups in total. The molecule has 1 aliphatic carbocycles. The summed E-state index contributed by atoms with van der Waals surface area (Å²) < 4.78 is 11.3. The first kappa shape index (κ1) is 17.8. The van der Waals surface area contributed by atoms with E-state index >= 15 is 0 Å². The summed E-state index contributed by atoms with van der Waals surface area (Å²) in [6.07, 6.45) is 5.86. The Labute approximate surface area is 146 Å². The van der Waals surface area contributed by atoms with E-state index in [4.69, 9.17) is 9.47 Å². The molecule has 2 aliphatic rings. The topological polar surface area (TPSA) is 93.3 Å². The summed E-state index contributed by atoms with van der Waals surface area (Å²) in [4.78, 5) is 31.6. The van der Waals surface area contributed by atoms with E-state index < -0.39 is 5.91 Å². The molecule has 1 aromatic rings. The van der Waals surface area contributed by atoms with Crippen LogP contribution in [0.15, 0.2) is 22.6 Å². The van der Waals surface area contributed by atoms with Crippen LogP contribution in [0.3, 0.4) is 0 Å². The number of nitrogens with zero attached hydrogens (tertiary/aromatic N) is 1. The Kier molecular flexibility index (Phi) is 5.65. The Hall–Kier alpha value is -1.99. The smallest absolute Gasteiger partial charge is 0.263 e. The van der Waals surface area contributed by atoms with Crippen LogP contribution in [0, 0.1) is 0 Å². The van der Waals surface area contributed by atoms with Crippen molar-refractivity contribution in [2.24, 2.45) is 0 Å². The lowest BCUT2D eigenvalue weighted by Crippen LogP contribution is -2.50. The molecule has 3 rings (SSSR count). The third kappa shape index (κ3) is 4.76. The number of nitrogens with one attached hydrogen (secondary N) is 2. The average molecular weight is 347 g/mol. The fourth-order valence-electron chi connectivity index (χ4n) is 2.76. The Balaban J connectivity index is 1.63. The van der Waals surface area contributed by atoms with Gasteiger partial charge in [-0.05, 0) is 33.1 Å². The number of H-pyrrole nitrogens is 1. The molecule has 1 amide bonds. The van der Waals surface area contributed by atoms with Gasteiger partial charge in [-0.2, -0.15) is 0 Å². The molecule has 1 aliphatic heterocycles. The maximum absolute atomic E-state index is 12.5. The zero-order chi connectivity index (χ0) is 17.8. The van der Waals surface area contributed by atoms with E-state index in [-0.39, 0.29) is 23.3 Å². The zero-order valence-corrected chi connectivity index (χ0v) is 14.7. The van der Waals surface area contributed by atoms with Crippen molar-refractivity contribution < 1.29 is 14.3 Å². The van der Waals surface area contributed by atoms with E-state index in [1.54, 1.807) is 0 Å². The average Bonchev–Trinajstić information content (AvgIpc) is 3.41. The molecule has 1 aromatic heterocycles. The number of aromatic amines is 1. The highest BCUT2D eigenvalue weighted by Crippen LogP contribution is 2.37. The van der Waals surface area contributed by atoms with Crippen LogP contribution in [-0.4, -0.2) is 47.8 Å². The van der Waals surface area contributed by atoms with E-state index in [0.717, 1.165) is 12.8 Å². The summed E-state index contributed by atoms with van der Waals surface area (Å²) in [5.74, 6) is 0.600. The SMILES string of the molecule is CC(C)=CCO[C@@H]1COCC[C@H]1NC(=O)c1cnc(C2CC2)[nH]c1=O. The van der Waals surface area contributed by atoms with Gasteiger partial charge in [0.25, 0.3) is 11.5 Å². The van der Waals surface area contributed by atoms with Gasteiger partial charge in [-0.25, -0.2) is 4.98 Å². The fourth-order valence-corrected chi connectivity index (χ4v) is 2.76. The quantitative estimate of drug-likeness (QED) is 0.761. The summed E-state index contributed by atoms with van der Waals surface area (Å²) in [6.45, 7) is 5.47. The molecule has 1 saturated heterocycles. The van der Waals surface area contributed by atoms with Crippen LogP contribution < -0.4 is 10.9 Å². The van der Waals surface area contributed by atoms with Gasteiger partial charge in [-0.3, -0.25) is 9.59 Å². The number of ether oxygens (including phenoxy) is 2. The summed E-state index contributed by atoms with van der Waals surface area (Å²) in [5.41, 5.74) is 0.827. The molecule has 0 aromatic carbocycles. The fraction of sp³-hybridized carbons (Fsp3) is 0.611. The molecule has 7 nitrogen and oxygen atoms in total. The highest BCUT2D eigenvalue weighted by atomic mass is 16.5. The van der Waals surface area contributed by atoms with Gasteiger partial charge < -0.3 is 19.8 Å². The van der Waals surface area contributed by atoms with Crippen molar-refractivity contribution in [2.45, 2.75) is 51.2 Å². The molecule has 0 unspecified atom stereocenters. The van der Waals surface area contributed by atoms with Crippen LogP contribution >= 0.6 is 0 Å². The van der Waals surface area contributed by atoms with Gasteiger partial charge in [0.15, 0.2) is 0 Å². The maximum atomic E-state index is 12.5. The number of amides is 1. The van der Waals surface area contributed by atoms with Crippen molar-refractivity contribution in [1.82, 2.24) is 15.3 Å². The summed E-state index contributed by atoms with van der Waals surface area (Å²) in [5, 5.41) is 2.90. The van der Waals surface area contributed by atoms with E-state index in [0.29, 0.717) is 38.0 Å². The first-order valence-electron chi connectivity index (χ1n) is 8.77. The maximum Gasteiger partial charge on any atom is 0.263 e. The molecule has 0 radical (unpaired) electrons. The lowest BCUT2D eigenvalue weighted by atomic mass is 10.1. The third-order valence-electron chi connectivity index (χ3n) is 4.45. The van der Waals surface area contributed by atoms with Crippen molar-refractivity contribution in [2.75, 3.05) is 19.8 Å². The molecule has 2 atom stereocenters. The molecule has 25 heavy (non-hydrogen) atoms. The van der Waals surface area contributed by atoms with Gasteiger partial charge >= 0.3 is 0 Å².